The van der Waals surface area contributed by atoms with Crippen molar-refractivity contribution in [2.45, 2.75) is 52.6 Å². The molecule has 30 heavy (non-hydrogen) atoms. The van der Waals surface area contributed by atoms with Gasteiger partial charge in [-0.05, 0) is 53.0 Å². The number of nitrogens with zero attached hydrogens (tertiary/aromatic N) is 1. The summed E-state index contributed by atoms with van der Waals surface area (Å²) in [4.78, 5) is 16.3. The number of fused-ring (bicyclic) bond motifs is 1. The molecule has 0 spiro atoms. The van der Waals surface area contributed by atoms with Gasteiger partial charge in [-0.2, -0.15) is 0 Å². The van der Waals surface area contributed by atoms with Gasteiger partial charge >= 0.3 is 0 Å². The molecule has 0 bridgehead atoms. The second-order valence-corrected chi connectivity index (χ2v) is 9.34. The number of carbonyl (C=O) groups is 1. The molecule has 3 aromatic carbocycles. The van der Waals surface area contributed by atoms with Crippen LogP contribution < -0.4 is 0 Å². The van der Waals surface area contributed by atoms with Crippen LogP contribution in [0.2, 0.25) is 0 Å². The monoisotopic (exact) mass is 399 g/mol. The zero-order valence-corrected chi connectivity index (χ0v) is 18.4. The van der Waals surface area contributed by atoms with Gasteiger partial charge in [0.15, 0.2) is 0 Å². The highest BCUT2D eigenvalue weighted by molar-refractivity contribution is 6.07. The third kappa shape index (κ3) is 4.28. The Morgan fingerprint density at radius 2 is 1.63 bits per heavy atom. The molecule has 3 aromatic rings. The van der Waals surface area contributed by atoms with Crippen LogP contribution in [0, 0.1) is 17.8 Å². The lowest BCUT2D eigenvalue weighted by atomic mass is 9.73. The minimum atomic E-state index is 0.167. The number of rotatable bonds is 5. The molecule has 3 atom stereocenters. The first-order chi connectivity index (χ1) is 14.5. The maximum Gasteiger partial charge on any atom is 0.255 e. The highest BCUT2D eigenvalue weighted by Gasteiger charge is 2.37. The minimum Gasteiger partial charge on any atom is -0.331 e. The van der Waals surface area contributed by atoms with Crippen LogP contribution in [0.3, 0.4) is 0 Å². The summed E-state index contributed by atoms with van der Waals surface area (Å²) >= 11 is 0. The maximum absolute atomic E-state index is 14.1. The first-order valence-corrected chi connectivity index (χ1v) is 11.4. The molecule has 4 rings (SSSR count). The molecule has 0 aliphatic heterocycles. The zero-order chi connectivity index (χ0) is 21.1. The van der Waals surface area contributed by atoms with E-state index in [2.05, 4.69) is 68.1 Å². The van der Waals surface area contributed by atoms with E-state index in [0.29, 0.717) is 24.3 Å². The predicted octanol–water partition coefficient (Wildman–Crippen LogP) is 6.94. The topological polar surface area (TPSA) is 20.3 Å². The Morgan fingerprint density at radius 3 is 2.40 bits per heavy atom. The van der Waals surface area contributed by atoms with Gasteiger partial charge in [0.2, 0.25) is 0 Å². The molecule has 0 radical (unpaired) electrons. The van der Waals surface area contributed by atoms with E-state index in [1.165, 1.54) is 18.4 Å². The first kappa shape index (κ1) is 20.7. The normalized spacial score (nSPS) is 21.7. The predicted molar refractivity (Wildman–Crippen MR) is 125 cm³/mol. The van der Waals surface area contributed by atoms with Crippen molar-refractivity contribution in [3.8, 4) is 0 Å². The Morgan fingerprint density at radius 1 is 0.933 bits per heavy atom. The quantitative estimate of drug-likeness (QED) is 0.455. The van der Waals surface area contributed by atoms with Crippen molar-refractivity contribution >= 4 is 16.7 Å². The lowest BCUT2D eigenvalue weighted by molar-refractivity contribution is 0.0368. The Kier molecular flexibility index (Phi) is 6.22. The second kappa shape index (κ2) is 9.04. The van der Waals surface area contributed by atoms with Crippen LogP contribution in [0.25, 0.3) is 10.8 Å². The van der Waals surface area contributed by atoms with Gasteiger partial charge in [0.05, 0.1) is 0 Å². The largest absolute Gasteiger partial charge is 0.331 e. The van der Waals surface area contributed by atoms with E-state index in [4.69, 9.17) is 0 Å². The standard InChI is InChI=1S/C28H33NO/c1-20(2)24-17-16-21(3)18-27(24)29(19-22-10-5-4-6-11-22)28(30)26-15-9-13-23-12-7-8-14-25(23)26/h4-15,20-21,24,27H,16-19H2,1-3H3. The average molecular weight is 400 g/mol. The molecule has 3 unspecified atom stereocenters. The van der Waals surface area contributed by atoms with Gasteiger partial charge in [0.25, 0.3) is 5.91 Å². The minimum absolute atomic E-state index is 0.167. The van der Waals surface area contributed by atoms with Crippen molar-refractivity contribution in [3.05, 3.63) is 83.9 Å². The van der Waals surface area contributed by atoms with Crippen molar-refractivity contribution in [3.63, 3.8) is 0 Å². The van der Waals surface area contributed by atoms with Gasteiger partial charge in [0, 0.05) is 18.2 Å². The SMILES string of the molecule is CC1CCC(C(C)C)C(N(Cc2ccccc2)C(=O)c2cccc3ccccc23)C1. The molecule has 1 fully saturated rings. The van der Waals surface area contributed by atoms with Crippen molar-refractivity contribution in [2.75, 3.05) is 0 Å². The van der Waals surface area contributed by atoms with Gasteiger partial charge in [-0.25, -0.2) is 0 Å². The van der Waals surface area contributed by atoms with Crippen LogP contribution in [0.1, 0.15) is 56.0 Å². The first-order valence-electron chi connectivity index (χ1n) is 11.4. The van der Waals surface area contributed by atoms with E-state index in [-0.39, 0.29) is 11.9 Å². The summed E-state index contributed by atoms with van der Waals surface area (Å²) in [6.45, 7) is 7.64. The van der Waals surface area contributed by atoms with E-state index in [0.717, 1.165) is 22.8 Å². The van der Waals surface area contributed by atoms with E-state index in [1.807, 2.05) is 30.3 Å². The Balaban J connectivity index is 1.77. The zero-order valence-electron chi connectivity index (χ0n) is 18.4. The Bertz CT molecular complexity index is 988. The van der Waals surface area contributed by atoms with Crippen molar-refractivity contribution in [2.24, 2.45) is 17.8 Å². The molecule has 2 heteroatoms. The Labute approximate surface area is 180 Å². The third-order valence-electron chi connectivity index (χ3n) is 6.86. The third-order valence-corrected chi connectivity index (χ3v) is 6.86. The summed E-state index contributed by atoms with van der Waals surface area (Å²) in [7, 11) is 0. The van der Waals surface area contributed by atoms with Crippen LogP contribution in [0.15, 0.2) is 72.8 Å². The van der Waals surface area contributed by atoms with Crippen LogP contribution in [-0.2, 0) is 6.54 Å². The van der Waals surface area contributed by atoms with Gasteiger partial charge in [-0.3, -0.25) is 4.79 Å². The molecule has 0 N–H and O–H groups in total. The number of hydrogen-bond donors (Lipinski definition) is 0. The van der Waals surface area contributed by atoms with Crippen molar-refractivity contribution < 1.29 is 4.79 Å². The molecular formula is C28H33NO. The number of carbonyl (C=O) groups excluding carboxylic acids is 1. The molecule has 1 aliphatic carbocycles. The average Bonchev–Trinajstić information content (AvgIpc) is 2.77. The van der Waals surface area contributed by atoms with Crippen molar-refractivity contribution in [1.82, 2.24) is 4.90 Å². The molecule has 1 saturated carbocycles. The van der Waals surface area contributed by atoms with E-state index in [1.54, 1.807) is 0 Å². The molecule has 0 aromatic heterocycles. The van der Waals surface area contributed by atoms with Crippen LogP contribution in [0.5, 0.6) is 0 Å². The molecule has 0 saturated heterocycles. The van der Waals surface area contributed by atoms with Gasteiger partial charge in [-0.1, -0.05) is 93.9 Å². The second-order valence-electron chi connectivity index (χ2n) is 9.34. The van der Waals surface area contributed by atoms with Crippen molar-refractivity contribution in [1.29, 1.82) is 0 Å². The van der Waals surface area contributed by atoms with Gasteiger partial charge in [-0.15, -0.1) is 0 Å². The Hall–Kier alpha value is -2.61. The summed E-state index contributed by atoms with van der Waals surface area (Å²) in [5.41, 5.74) is 2.02. The molecule has 1 aliphatic rings. The molecule has 0 heterocycles. The van der Waals surface area contributed by atoms with E-state index < -0.39 is 0 Å². The van der Waals surface area contributed by atoms with Gasteiger partial charge < -0.3 is 4.90 Å². The smallest absolute Gasteiger partial charge is 0.255 e. The number of amides is 1. The van der Waals surface area contributed by atoms with E-state index in [9.17, 15) is 4.79 Å². The van der Waals surface area contributed by atoms with E-state index >= 15 is 0 Å². The summed E-state index contributed by atoms with van der Waals surface area (Å²) in [6.07, 6.45) is 3.56. The number of hydrogen-bond acceptors (Lipinski definition) is 1. The highest BCUT2D eigenvalue weighted by Crippen LogP contribution is 2.38. The van der Waals surface area contributed by atoms with Crippen LogP contribution >= 0.6 is 0 Å². The highest BCUT2D eigenvalue weighted by atomic mass is 16.2. The fourth-order valence-corrected chi connectivity index (χ4v) is 5.20. The fourth-order valence-electron chi connectivity index (χ4n) is 5.20. The molecule has 1 amide bonds. The molecule has 2 nitrogen and oxygen atoms in total. The fraction of sp³-hybridized carbons (Fsp3) is 0.393. The maximum atomic E-state index is 14.1. The van der Waals surface area contributed by atoms with Crippen LogP contribution in [0.4, 0.5) is 0 Å². The molecule has 156 valence electrons. The lowest BCUT2D eigenvalue weighted by Gasteiger charge is -2.44. The van der Waals surface area contributed by atoms with Gasteiger partial charge in [0.1, 0.15) is 0 Å². The summed E-state index contributed by atoms with van der Waals surface area (Å²) < 4.78 is 0. The summed E-state index contributed by atoms with van der Waals surface area (Å²) in [5.74, 6) is 1.94. The lowest BCUT2D eigenvalue weighted by Crippen LogP contribution is -2.48. The number of benzene rings is 3. The van der Waals surface area contributed by atoms with Crippen LogP contribution in [-0.4, -0.2) is 16.8 Å². The summed E-state index contributed by atoms with van der Waals surface area (Å²) in [6, 6.07) is 25.1. The summed E-state index contributed by atoms with van der Waals surface area (Å²) in [5, 5.41) is 2.17. The molecular weight excluding hydrogens is 366 g/mol.